The molecule has 2 amide bonds. The van der Waals surface area contributed by atoms with Gasteiger partial charge in [0.1, 0.15) is 0 Å². The van der Waals surface area contributed by atoms with Crippen LogP contribution in [0, 0.1) is 17.7 Å². The number of nitrogens with zero attached hydrogens (tertiary/aromatic N) is 5. The summed E-state index contributed by atoms with van der Waals surface area (Å²) in [6, 6.07) is 0.167. The first-order valence-corrected chi connectivity index (χ1v) is 11.8. The second-order valence-corrected chi connectivity index (χ2v) is 9.40. The fourth-order valence-corrected chi connectivity index (χ4v) is 4.85. The van der Waals surface area contributed by atoms with Crippen molar-refractivity contribution in [2.45, 2.75) is 58.0 Å². The molecule has 0 spiro atoms. The van der Waals surface area contributed by atoms with E-state index in [1.807, 2.05) is 18.9 Å². The van der Waals surface area contributed by atoms with Crippen molar-refractivity contribution in [1.29, 1.82) is 0 Å². The van der Waals surface area contributed by atoms with Gasteiger partial charge in [-0.3, -0.25) is 30.5 Å². The Bertz CT molecular complexity index is 842. The molecule has 12 heteroatoms. The van der Waals surface area contributed by atoms with E-state index in [1.54, 1.807) is 0 Å². The van der Waals surface area contributed by atoms with E-state index in [0.717, 1.165) is 32.2 Å². The smallest absolute Gasteiger partial charge is 0.243 e. The molecule has 1 aromatic heterocycles. The van der Waals surface area contributed by atoms with E-state index in [4.69, 9.17) is 11.6 Å². The number of amides is 2. The number of rotatable bonds is 9. The largest absolute Gasteiger partial charge is 0.348 e. The van der Waals surface area contributed by atoms with Crippen molar-refractivity contribution in [3.63, 3.8) is 0 Å². The number of likely N-dealkylation sites (N-methyl/N-ethyl adjacent to an activating group) is 1. The highest BCUT2D eigenvalue weighted by molar-refractivity contribution is 6.28. The van der Waals surface area contributed by atoms with Gasteiger partial charge in [0.2, 0.25) is 23.4 Å². The monoisotopic (exact) mass is 485 g/mol. The van der Waals surface area contributed by atoms with E-state index in [0.29, 0.717) is 23.9 Å². The Morgan fingerprint density at radius 3 is 2.67 bits per heavy atom. The first-order valence-electron chi connectivity index (χ1n) is 11.4. The van der Waals surface area contributed by atoms with Gasteiger partial charge in [0.25, 0.3) is 0 Å². The molecule has 10 nitrogen and oxygen atoms in total. The zero-order valence-corrected chi connectivity index (χ0v) is 20.1. The normalized spacial score (nSPS) is 22.8. The predicted octanol–water partition coefficient (Wildman–Crippen LogP) is 2.29. The number of aromatic nitrogens is 2. The van der Waals surface area contributed by atoms with Gasteiger partial charge in [-0.25, -0.2) is 5.06 Å². The summed E-state index contributed by atoms with van der Waals surface area (Å²) in [5.41, 5.74) is 5.00. The Hall–Kier alpha value is -2.24. The molecule has 0 radical (unpaired) electrons. The molecular formula is C21H33ClFN7O3. The zero-order valence-electron chi connectivity index (χ0n) is 19.3. The summed E-state index contributed by atoms with van der Waals surface area (Å²) in [7, 11) is 2.02. The number of carbonyl (C=O) groups excluding carboxylic acids is 2. The summed E-state index contributed by atoms with van der Waals surface area (Å²) in [5, 5.41) is 9.93. The molecule has 0 aromatic carbocycles. The van der Waals surface area contributed by atoms with Crippen LogP contribution >= 0.6 is 11.6 Å². The Morgan fingerprint density at radius 1 is 1.30 bits per heavy atom. The van der Waals surface area contributed by atoms with Crippen LogP contribution in [0.5, 0.6) is 0 Å². The molecule has 2 aliphatic rings. The summed E-state index contributed by atoms with van der Waals surface area (Å²) in [6.45, 7) is 5.21. The van der Waals surface area contributed by atoms with Gasteiger partial charge in [0.15, 0.2) is 11.6 Å². The highest BCUT2D eigenvalue weighted by Gasteiger charge is 2.32. The van der Waals surface area contributed by atoms with Crippen LogP contribution in [0.4, 0.5) is 16.0 Å². The average molecular weight is 486 g/mol. The Kier molecular flexibility index (Phi) is 8.66. The van der Waals surface area contributed by atoms with E-state index in [2.05, 4.69) is 32.6 Å². The van der Waals surface area contributed by atoms with Gasteiger partial charge in [-0.15, -0.1) is 0 Å². The second-order valence-electron chi connectivity index (χ2n) is 9.06. The van der Waals surface area contributed by atoms with Crippen LogP contribution < -0.4 is 15.8 Å². The summed E-state index contributed by atoms with van der Waals surface area (Å²) in [4.78, 5) is 35.7. The van der Waals surface area contributed by atoms with Crippen LogP contribution in [-0.2, 0) is 9.59 Å². The molecule has 0 bridgehead atoms. The second kappa shape index (κ2) is 11.3. The van der Waals surface area contributed by atoms with Crippen molar-refractivity contribution in [2.24, 2.45) is 11.8 Å². The number of carbonyl (C=O) groups is 2. The maximum Gasteiger partial charge on any atom is 0.243 e. The quantitative estimate of drug-likeness (QED) is 0.211. The highest BCUT2D eigenvalue weighted by Crippen LogP contribution is 2.31. The number of hydroxylamine groups is 2. The zero-order chi connectivity index (χ0) is 24.1. The fraction of sp³-hybridized carbons (Fsp3) is 0.714. The average Bonchev–Trinajstić information content (AvgIpc) is 3.30. The van der Waals surface area contributed by atoms with Gasteiger partial charge < -0.3 is 4.90 Å². The SMILES string of the molecule is C[C@@H]1[C@H](C)N(C)CCN1c1nc(Cl)nc(NNC(=O)[C@@H](CC2CCCC2)CN(O)C=O)c1F. The minimum Gasteiger partial charge on any atom is -0.348 e. The number of hydrazine groups is 1. The van der Waals surface area contributed by atoms with Gasteiger partial charge in [0.05, 0.1) is 12.5 Å². The number of hydrogen-bond donors (Lipinski definition) is 3. The van der Waals surface area contributed by atoms with Gasteiger partial charge in [-0.1, -0.05) is 25.7 Å². The minimum absolute atomic E-state index is 0.0127. The summed E-state index contributed by atoms with van der Waals surface area (Å²) in [6.07, 6.45) is 4.99. The first-order chi connectivity index (χ1) is 15.7. The number of piperazine rings is 1. The molecule has 0 unspecified atom stereocenters. The maximum absolute atomic E-state index is 15.3. The lowest BCUT2D eigenvalue weighted by atomic mass is 9.92. The lowest BCUT2D eigenvalue weighted by Crippen LogP contribution is -2.56. The fourth-order valence-electron chi connectivity index (χ4n) is 4.69. The van der Waals surface area contributed by atoms with Crippen LogP contribution in [-0.4, -0.2) is 76.2 Å². The number of anilines is 2. The van der Waals surface area contributed by atoms with Crippen LogP contribution in [0.25, 0.3) is 0 Å². The Labute approximate surface area is 198 Å². The topological polar surface area (TPSA) is 114 Å². The van der Waals surface area contributed by atoms with E-state index in [1.165, 1.54) is 0 Å². The molecule has 2 heterocycles. The molecule has 1 saturated heterocycles. The summed E-state index contributed by atoms with van der Waals surface area (Å²) < 4.78 is 15.3. The standard InChI is InChI=1S/C21H33ClFN7O3/c1-13-14(2)30(9-8-28(13)3)19-17(23)18(24-21(22)25-19)26-27-20(32)16(11-29(33)12-31)10-15-6-4-5-7-15/h12-16,33H,4-11H2,1-3H3,(H,27,32)(H,24,25,26)/t13-,14+,16-/m0/s1. The number of halogens is 2. The van der Waals surface area contributed by atoms with E-state index in [-0.39, 0.29) is 42.0 Å². The van der Waals surface area contributed by atoms with Gasteiger partial charge >= 0.3 is 0 Å². The molecule has 33 heavy (non-hydrogen) atoms. The third-order valence-electron chi connectivity index (χ3n) is 6.95. The Morgan fingerprint density at radius 2 is 2.00 bits per heavy atom. The minimum atomic E-state index is -0.715. The molecule has 2 fully saturated rings. The van der Waals surface area contributed by atoms with Crippen molar-refractivity contribution in [2.75, 3.05) is 37.0 Å². The molecule has 3 N–H and O–H groups in total. The highest BCUT2D eigenvalue weighted by atomic mass is 35.5. The third kappa shape index (κ3) is 6.21. The van der Waals surface area contributed by atoms with Crippen molar-refractivity contribution in [3.8, 4) is 0 Å². The lowest BCUT2D eigenvalue weighted by molar-refractivity contribution is -0.154. The Balaban J connectivity index is 1.72. The van der Waals surface area contributed by atoms with Gasteiger partial charge in [-0.2, -0.15) is 14.4 Å². The van der Waals surface area contributed by atoms with Crippen LogP contribution in [0.3, 0.4) is 0 Å². The van der Waals surface area contributed by atoms with E-state index >= 15 is 4.39 Å². The van der Waals surface area contributed by atoms with Crippen LogP contribution in [0.15, 0.2) is 0 Å². The molecule has 184 valence electrons. The molecule has 1 saturated carbocycles. The predicted molar refractivity (Wildman–Crippen MR) is 122 cm³/mol. The van der Waals surface area contributed by atoms with E-state index in [9.17, 15) is 14.8 Å². The summed E-state index contributed by atoms with van der Waals surface area (Å²) >= 11 is 6.08. The van der Waals surface area contributed by atoms with Crippen molar-refractivity contribution >= 4 is 35.6 Å². The van der Waals surface area contributed by atoms with Gasteiger partial charge in [-0.05, 0) is 44.8 Å². The van der Waals surface area contributed by atoms with Crippen LogP contribution in [0.1, 0.15) is 46.0 Å². The maximum atomic E-state index is 15.3. The lowest BCUT2D eigenvalue weighted by Gasteiger charge is -2.44. The molecule has 1 aromatic rings. The first kappa shape index (κ1) is 25.4. The van der Waals surface area contributed by atoms with Crippen molar-refractivity contribution in [1.82, 2.24) is 25.4 Å². The summed E-state index contributed by atoms with van der Waals surface area (Å²) in [5.74, 6) is -1.67. The molecule has 3 rings (SSSR count). The molecule has 1 aliphatic carbocycles. The van der Waals surface area contributed by atoms with Crippen LogP contribution in [0.2, 0.25) is 5.28 Å². The van der Waals surface area contributed by atoms with Gasteiger partial charge in [0, 0.05) is 25.2 Å². The number of hydrogen-bond acceptors (Lipinski definition) is 8. The molecular weight excluding hydrogens is 453 g/mol. The van der Waals surface area contributed by atoms with Crippen molar-refractivity contribution in [3.05, 3.63) is 11.1 Å². The number of nitrogens with one attached hydrogen (secondary N) is 2. The molecule has 3 atom stereocenters. The van der Waals surface area contributed by atoms with E-state index < -0.39 is 17.6 Å². The van der Waals surface area contributed by atoms with Crippen molar-refractivity contribution < 1.29 is 19.2 Å². The third-order valence-corrected chi connectivity index (χ3v) is 7.12. The molecule has 1 aliphatic heterocycles.